The van der Waals surface area contributed by atoms with E-state index >= 15 is 0 Å². The van der Waals surface area contributed by atoms with Crippen molar-refractivity contribution < 1.29 is 14.3 Å². The van der Waals surface area contributed by atoms with Crippen LogP contribution in [0.25, 0.3) is 0 Å². The number of esters is 1. The maximum atomic E-state index is 13.0. The molecule has 1 fully saturated rings. The van der Waals surface area contributed by atoms with Crippen molar-refractivity contribution in [3.05, 3.63) is 59.7 Å². The molecule has 156 valence electrons. The van der Waals surface area contributed by atoms with Gasteiger partial charge >= 0.3 is 5.97 Å². The number of benzene rings is 2. The Hall–Kier alpha value is -2.78. The molecule has 2 aromatic carbocycles. The first-order valence-electron chi connectivity index (χ1n) is 10.2. The summed E-state index contributed by atoms with van der Waals surface area (Å²) in [6.45, 7) is 5.72. The van der Waals surface area contributed by atoms with E-state index in [1.54, 1.807) is 31.2 Å². The highest BCUT2D eigenvalue weighted by molar-refractivity contribution is 7.99. The van der Waals surface area contributed by atoms with E-state index in [2.05, 4.69) is 6.07 Å². The van der Waals surface area contributed by atoms with Crippen molar-refractivity contribution in [2.45, 2.75) is 68.0 Å². The van der Waals surface area contributed by atoms with Crippen LogP contribution in [-0.2, 0) is 9.53 Å². The monoisotopic (exact) mass is 422 g/mol. The molecule has 0 aliphatic carbocycles. The van der Waals surface area contributed by atoms with Gasteiger partial charge in [0.15, 0.2) is 6.10 Å². The summed E-state index contributed by atoms with van der Waals surface area (Å²) in [5, 5.41) is 9.32. The quantitative estimate of drug-likeness (QED) is 0.631. The molecular weight excluding hydrogens is 396 g/mol. The van der Waals surface area contributed by atoms with Crippen molar-refractivity contribution in [3.63, 3.8) is 0 Å². The Morgan fingerprint density at radius 3 is 2.33 bits per heavy atom. The molecule has 1 aliphatic rings. The molecule has 0 N–H and O–H groups in total. The Kier molecular flexibility index (Phi) is 7.17. The molecule has 1 saturated heterocycles. The van der Waals surface area contributed by atoms with Crippen molar-refractivity contribution in [1.29, 1.82) is 5.26 Å². The van der Waals surface area contributed by atoms with E-state index in [1.165, 1.54) is 11.8 Å². The molecule has 30 heavy (non-hydrogen) atoms. The minimum Gasteiger partial charge on any atom is -0.449 e. The molecule has 1 aliphatic heterocycles. The van der Waals surface area contributed by atoms with Gasteiger partial charge in [-0.1, -0.05) is 36.0 Å². The van der Waals surface area contributed by atoms with Crippen molar-refractivity contribution in [1.82, 2.24) is 4.90 Å². The number of rotatable bonds is 5. The lowest BCUT2D eigenvalue weighted by Gasteiger charge is -2.40. The molecule has 3 atom stereocenters. The fraction of sp³-hybridized carbons (Fsp3) is 0.375. The second-order valence-corrected chi connectivity index (χ2v) is 8.71. The smallest absolute Gasteiger partial charge is 0.340 e. The summed E-state index contributed by atoms with van der Waals surface area (Å²) in [6.07, 6.45) is 2.18. The maximum absolute atomic E-state index is 13.0. The number of likely N-dealkylation sites (tertiary alicyclic amines) is 1. The fourth-order valence-electron chi connectivity index (χ4n) is 3.83. The topological polar surface area (TPSA) is 70.4 Å². The summed E-state index contributed by atoms with van der Waals surface area (Å²) in [6, 6.07) is 16.8. The highest BCUT2D eigenvalue weighted by atomic mass is 32.2. The Labute approximate surface area is 182 Å². The third kappa shape index (κ3) is 4.85. The van der Waals surface area contributed by atoms with Crippen molar-refractivity contribution in [2.75, 3.05) is 0 Å². The van der Waals surface area contributed by atoms with Gasteiger partial charge < -0.3 is 9.64 Å². The van der Waals surface area contributed by atoms with Crippen LogP contribution in [0.1, 0.15) is 56.0 Å². The van der Waals surface area contributed by atoms with Crippen LogP contribution in [0, 0.1) is 11.3 Å². The van der Waals surface area contributed by atoms with Gasteiger partial charge in [-0.05, 0) is 64.3 Å². The first kappa shape index (κ1) is 21.9. The molecule has 0 saturated carbocycles. The summed E-state index contributed by atoms with van der Waals surface area (Å²) in [7, 11) is 0. The molecule has 2 aromatic rings. The van der Waals surface area contributed by atoms with Gasteiger partial charge in [0.1, 0.15) is 6.07 Å². The third-order valence-electron chi connectivity index (χ3n) is 5.41. The second kappa shape index (κ2) is 9.82. The normalized spacial score (nSPS) is 19.6. The number of nitriles is 1. The van der Waals surface area contributed by atoms with Gasteiger partial charge in [0.05, 0.1) is 11.1 Å². The first-order valence-corrected chi connectivity index (χ1v) is 11.0. The molecule has 0 bridgehead atoms. The van der Waals surface area contributed by atoms with E-state index in [0.717, 1.165) is 24.2 Å². The van der Waals surface area contributed by atoms with E-state index in [4.69, 9.17) is 4.74 Å². The molecule has 5 nitrogen and oxygen atoms in total. The lowest BCUT2D eigenvalue weighted by molar-refractivity contribution is -0.146. The molecule has 1 heterocycles. The van der Waals surface area contributed by atoms with E-state index in [1.807, 2.05) is 43.0 Å². The summed E-state index contributed by atoms with van der Waals surface area (Å²) in [4.78, 5) is 29.2. The van der Waals surface area contributed by atoms with Gasteiger partial charge in [0.25, 0.3) is 5.91 Å². The minimum absolute atomic E-state index is 0.146. The summed E-state index contributed by atoms with van der Waals surface area (Å²) in [5.41, 5.74) is 0.928. The van der Waals surface area contributed by atoms with Crippen LogP contribution >= 0.6 is 11.8 Å². The summed E-state index contributed by atoms with van der Waals surface area (Å²) in [5.74, 6) is -0.686. The van der Waals surface area contributed by atoms with Gasteiger partial charge in [-0.2, -0.15) is 5.26 Å². The van der Waals surface area contributed by atoms with E-state index in [9.17, 15) is 14.9 Å². The summed E-state index contributed by atoms with van der Waals surface area (Å²) < 4.78 is 5.57. The zero-order valence-electron chi connectivity index (χ0n) is 17.5. The fourth-order valence-corrected chi connectivity index (χ4v) is 4.85. The SMILES string of the molecule is C[C@@H]1CCC[C@H](C)N1C(=O)[C@@H](C)OC(=O)c1ccccc1Sc1ccccc1C#N. The zero-order valence-corrected chi connectivity index (χ0v) is 18.3. The van der Waals surface area contributed by atoms with Crippen LogP contribution < -0.4 is 0 Å². The van der Waals surface area contributed by atoms with Gasteiger partial charge in [-0.25, -0.2) is 4.79 Å². The molecule has 0 spiro atoms. The predicted molar refractivity (Wildman–Crippen MR) is 116 cm³/mol. The average Bonchev–Trinajstić information content (AvgIpc) is 2.74. The van der Waals surface area contributed by atoms with E-state index in [0.29, 0.717) is 16.0 Å². The van der Waals surface area contributed by atoms with Crippen LogP contribution in [0.4, 0.5) is 0 Å². The van der Waals surface area contributed by atoms with Crippen LogP contribution in [0.15, 0.2) is 58.3 Å². The lowest BCUT2D eigenvalue weighted by atomic mass is 9.97. The van der Waals surface area contributed by atoms with E-state index < -0.39 is 12.1 Å². The zero-order chi connectivity index (χ0) is 21.7. The number of ether oxygens (including phenoxy) is 1. The molecule has 0 aromatic heterocycles. The maximum Gasteiger partial charge on any atom is 0.340 e. The van der Waals surface area contributed by atoms with Gasteiger partial charge in [-0.3, -0.25) is 4.79 Å². The number of piperidine rings is 1. The number of hydrogen-bond donors (Lipinski definition) is 0. The first-order chi connectivity index (χ1) is 14.4. The largest absolute Gasteiger partial charge is 0.449 e. The minimum atomic E-state index is -0.857. The predicted octanol–water partition coefficient (Wildman–Crippen LogP) is 5.04. The summed E-state index contributed by atoms with van der Waals surface area (Å²) >= 11 is 1.34. The van der Waals surface area contributed by atoms with Crippen LogP contribution in [0.2, 0.25) is 0 Å². The van der Waals surface area contributed by atoms with Crippen LogP contribution in [0.3, 0.4) is 0 Å². The van der Waals surface area contributed by atoms with Crippen molar-refractivity contribution in [3.8, 4) is 6.07 Å². The number of carbonyl (C=O) groups is 2. The molecule has 1 amide bonds. The Morgan fingerprint density at radius 2 is 1.67 bits per heavy atom. The molecular formula is C24H26N2O3S. The number of nitrogens with zero attached hydrogens (tertiary/aromatic N) is 2. The second-order valence-electron chi connectivity index (χ2n) is 7.63. The standard InChI is InChI=1S/C24H26N2O3S/c1-16-9-8-10-17(2)26(16)23(27)18(3)29-24(28)20-12-5-7-14-22(20)30-21-13-6-4-11-19(21)15-25/h4-7,11-14,16-18H,8-10H2,1-3H3/t16-,17+,18-/m1/s1. The molecule has 0 radical (unpaired) electrons. The third-order valence-corrected chi connectivity index (χ3v) is 6.57. The molecule has 0 unspecified atom stereocenters. The molecule has 3 rings (SSSR count). The van der Waals surface area contributed by atoms with Crippen LogP contribution in [0.5, 0.6) is 0 Å². The Bertz CT molecular complexity index is 959. The van der Waals surface area contributed by atoms with Crippen LogP contribution in [-0.4, -0.2) is 35.0 Å². The average molecular weight is 423 g/mol. The Morgan fingerprint density at radius 1 is 1.07 bits per heavy atom. The van der Waals surface area contributed by atoms with Gasteiger partial charge in [0, 0.05) is 21.9 Å². The lowest BCUT2D eigenvalue weighted by Crippen LogP contribution is -2.51. The van der Waals surface area contributed by atoms with E-state index in [-0.39, 0.29) is 18.0 Å². The van der Waals surface area contributed by atoms with Crippen molar-refractivity contribution >= 4 is 23.6 Å². The van der Waals surface area contributed by atoms with Crippen molar-refractivity contribution in [2.24, 2.45) is 0 Å². The molecule has 6 heteroatoms. The number of carbonyl (C=O) groups excluding carboxylic acids is 2. The number of hydrogen-bond acceptors (Lipinski definition) is 5. The highest BCUT2D eigenvalue weighted by Crippen LogP contribution is 2.33. The Balaban J connectivity index is 1.76. The van der Waals surface area contributed by atoms with Gasteiger partial charge in [0.2, 0.25) is 0 Å². The van der Waals surface area contributed by atoms with Gasteiger partial charge in [-0.15, -0.1) is 0 Å². The highest BCUT2D eigenvalue weighted by Gasteiger charge is 2.33. The number of amides is 1.